The van der Waals surface area contributed by atoms with Crippen LogP contribution in [0.4, 0.5) is 10.5 Å². The van der Waals surface area contributed by atoms with Crippen molar-refractivity contribution in [2.24, 2.45) is 0 Å². The van der Waals surface area contributed by atoms with Crippen LogP contribution in [0, 0.1) is 0 Å². The number of amides is 1. The van der Waals surface area contributed by atoms with Gasteiger partial charge >= 0.3 is 0 Å². The lowest BCUT2D eigenvalue weighted by Gasteiger charge is -1.99. The van der Waals surface area contributed by atoms with E-state index >= 15 is 0 Å². The van der Waals surface area contributed by atoms with Crippen molar-refractivity contribution in [1.29, 1.82) is 0 Å². The molecule has 0 aliphatic rings. The normalized spacial score (nSPS) is 10.2. The fraction of sp³-hybridized carbons (Fsp3) is 0. The molecule has 2 N–H and O–H groups in total. The first kappa shape index (κ1) is 8.25. The van der Waals surface area contributed by atoms with E-state index in [4.69, 9.17) is 0 Å². The summed E-state index contributed by atoms with van der Waals surface area (Å²) in [5.74, 6) is 0. The molecule has 0 unspecified atom stereocenters. The third-order valence-electron chi connectivity index (χ3n) is 1.66. The average molecular weight is 240 g/mol. The number of rotatable bonds is 1. The van der Waals surface area contributed by atoms with Crippen molar-refractivity contribution < 1.29 is 4.79 Å². The number of halogens is 1. The van der Waals surface area contributed by atoms with Gasteiger partial charge in [0.25, 0.3) is 4.82 Å². The number of aromatic amines is 1. The van der Waals surface area contributed by atoms with E-state index < -0.39 is 0 Å². The zero-order valence-corrected chi connectivity index (χ0v) is 8.13. The third-order valence-corrected chi connectivity index (χ3v) is 1.86. The number of anilines is 1. The van der Waals surface area contributed by atoms with Gasteiger partial charge in [-0.15, -0.1) is 0 Å². The predicted octanol–water partition coefficient (Wildman–Crippen LogP) is 2.49. The van der Waals surface area contributed by atoms with Crippen LogP contribution < -0.4 is 5.32 Å². The summed E-state index contributed by atoms with van der Waals surface area (Å²) in [6.45, 7) is 0. The minimum atomic E-state index is -0.258. The Morgan fingerprint density at radius 3 is 3.15 bits per heavy atom. The largest absolute Gasteiger partial charge is 0.345 e. The summed E-state index contributed by atoms with van der Waals surface area (Å²) in [4.78, 5) is 17.4. The van der Waals surface area contributed by atoms with E-state index in [2.05, 4.69) is 31.2 Å². The molecule has 13 heavy (non-hydrogen) atoms. The van der Waals surface area contributed by atoms with Crippen LogP contribution >= 0.6 is 15.9 Å². The summed E-state index contributed by atoms with van der Waals surface area (Å²) in [5, 5.41) is 2.62. The number of hydrogen-bond acceptors (Lipinski definition) is 2. The highest BCUT2D eigenvalue weighted by atomic mass is 79.9. The molecule has 2 aromatic rings. The van der Waals surface area contributed by atoms with Gasteiger partial charge in [0.2, 0.25) is 0 Å². The Labute approximate surface area is 82.5 Å². The number of fused-ring (bicyclic) bond motifs is 1. The van der Waals surface area contributed by atoms with E-state index in [1.165, 1.54) is 0 Å². The van der Waals surface area contributed by atoms with Gasteiger partial charge in [-0.25, -0.2) is 4.98 Å². The topological polar surface area (TPSA) is 57.8 Å². The molecular formula is C8H6BrN3O. The van der Waals surface area contributed by atoms with Gasteiger partial charge in [0.1, 0.15) is 0 Å². The van der Waals surface area contributed by atoms with Crippen LogP contribution in [0.5, 0.6) is 0 Å². The van der Waals surface area contributed by atoms with Crippen LogP contribution in [-0.2, 0) is 0 Å². The van der Waals surface area contributed by atoms with Gasteiger partial charge in [-0.05, 0) is 18.2 Å². The molecule has 1 amide bonds. The Hall–Kier alpha value is -1.36. The minimum absolute atomic E-state index is 0.258. The Kier molecular flexibility index (Phi) is 2.02. The lowest BCUT2D eigenvalue weighted by molar-refractivity contribution is 0.270. The first-order valence-electron chi connectivity index (χ1n) is 3.65. The molecule has 0 bridgehead atoms. The molecule has 1 aromatic carbocycles. The first-order chi connectivity index (χ1) is 6.25. The average Bonchev–Trinajstić information content (AvgIpc) is 2.49. The monoisotopic (exact) mass is 239 g/mol. The molecule has 2 rings (SSSR count). The van der Waals surface area contributed by atoms with Crippen LogP contribution in [0.1, 0.15) is 0 Å². The highest BCUT2D eigenvalue weighted by molar-refractivity contribution is 9.18. The lowest BCUT2D eigenvalue weighted by atomic mass is 10.3. The summed E-state index contributed by atoms with van der Waals surface area (Å²) in [7, 11) is 0. The quantitative estimate of drug-likeness (QED) is 0.594. The molecule has 0 atom stereocenters. The van der Waals surface area contributed by atoms with E-state index in [9.17, 15) is 4.79 Å². The van der Waals surface area contributed by atoms with Crippen molar-refractivity contribution in [2.45, 2.75) is 0 Å². The van der Waals surface area contributed by atoms with E-state index in [0.717, 1.165) is 16.7 Å². The standard InChI is InChI=1S/C8H6BrN3O/c9-8(13)12-5-1-2-6-7(3-5)11-4-10-6/h1-4H,(H,10,11)(H,12,13). The highest BCUT2D eigenvalue weighted by Gasteiger charge is 1.99. The van der Waals surface area contributed by atoms with Gasteiger partial charge in [-0.3, -0.25) is 4.79 Å². The van der Waals surface area contributed by atoms with Gasteiger partial charge in [0.15, 0.2) is 0 Å². The number of aromatic nitrogens is 2. The summed E-state index contributed by atoms with van der Waals surface area (Å²) >= 11 is 2.79. The third kappa shape index (κ3) is 1.70. The number of carbonyl (C=O) groups is 1. The molecule has 0 saturated heterocycles. The Bertz CT molecular complexity index is 451. The maximum Gasteiger partial charge on any atom is 0.291 e. The molecule has 5 heteroatoms. The zero-order valence-electron chi connectivity index (χ0n) is 6.54. The second-order valence-electron chi connectivity index (χ2n) is 2.53. The lowest BCUT2D eigenvalue weighted by Crippen LogP contribution is -1.99. The molecule has 0 fully saturated rings. The summed E-state index contributed by atoms with van der Waals surface area (Å²) in [5.41, 5.74) is 2.52. The number of nitrogens with zero attached hydrogens (tertiary/aromatic N) is 1. The number of benzene rings is 1. The molecule has 0 saturated carbocycles. The maximum absolute atomic E-state index is 10.7. The fourth-order valence-electron chi connectivity index (χ4n) is 1.13. The van der Waals surface area contributed by atoms with Gasteiger partial charge in [0.05, 0.1) is 17.4 Å². The van der Waals surface area contributed by atoms with E-state index in [-0.39, 0.29) is 4.82 Å². The first-order valence-corrected chi connectivity index (χ1v) is 4.44. The second kappa shape index (κ2) is 3.18. The molecule has 0 aliphatic carbocycles. The number of nitrogens with one attached hydrogen (secondary N) is 2. The molecule has 0 radical (unpaired) electrons. The summed E-state index contributed by atoms with van der Waals surface area (Å²) in [6, 6.07) is 5.45. The van der Waals surface area contributed by atoms with Crippen molar-refractivity contribution in [3.8, 4) is 0 Å². The van der Waals surface area contributed by atoms with Crippen molar-refractivity contribution in [2.75, 3.05) is 5.32 Å². The number of hydrogen-bond donors (Lipinski definition) is 2. The fourth-order valence-corrected chi connectivity index (χ4v) is 1.36. The van der Waals surface area contributed by atoms with Crippen LogP contribution in [0.2, 0.25) is 0 Å². The number of H-pyrrole nitrogens is 1. The highest BCUT2D eigenvalue weighted by Crippen LogP contribution is 2.15. The van der Waals surface area contributed by atoms with E-state index in [0.29, 0.717) is 0 Å². The van der Waals surface area contributed by atoms with E-state index in [1.807, 2.05) is 12.1 Å². The van der Waals surface area contributed by atoms with Crippen molar-refractivity contribution in [1.82, 2.24) is 9.97 Å². The Morgan fingerprint density at radius 1 is 1.54 bits per heavy atom. The molecular weight excluding hydrogens is 234 g/mol. The summed E-state index contributed by atoms with van der Waals surface area (Å²) in [6.07, 6.45) is 1.62. The Balaban J connectivity index is 2.42. The zero-order chi connectivity index (χ0) is 9.26. The summed E-state index contributed by atoms with van der Waals surface area (Å²) < 4.78 is 0. The molecule has 0 spiro atoms. The molecule has 1 heterocycles. The smallest absolute Gasteiger partial charge is 0.291 e. The predicted molar refractivity (Wildman–Crippen MR) is 54.0 cm³/mol. The van der Waals surface area contributed by atoms with Crippen molar-refractivity contribution >= 4 is 37.5 Å². The maximum atomic E-state index is 10.7. The van der Waals surface area contributed by atoms with Crippen LogP contribution in [0.25, 0.3) is 11.0 Å². The van der Waals surface area contributed by atoms with Gasteiger partial charge in [-0.2, -0.15) is 0 Å². The molecule has 66 valence electrons. The molecule has 1 aromatic heterocycles. The van der Waals surface area contributed by atoms with E-state index in [1.54, 1.807) is 12.4 Å². The SMILES string of the molecule is O=C(Br)Nc1ccc2nc[nH]c2c1. The van der Waals surface area contributed by atoms with Crippen LogP contribution in [-0.4, -0.2) is 14.8 Å². The van der Waals surface area contributed by atoms with Crippen molar-refractivity contribution in [3.63, 3.8) is 0 Å². The van der Waals surface area contributed by atoms with Gasteiger partial charge < -0.3 is 10.3 Å². The number of imidazole rings is 1. The van der Waals surface area contributed by atoms with Crippen LogP contribution in [0.3, 0.4) is 0 Å². The molecule has 0 aliphatic heterocycles. The van der Waals surface area contributed by atoms with Crippen molar-refractivity contribution in [3.05, 3.63) is 24.5 Å². The second-order valence-corrected chi connectivity index (χ2v) is 3.25. The number of carbonyl (C=O) groups excluding carboxylic acids is 1. The minimum Gasteiger partial charge on any atom is -0.345 e. The molecule has 4 nitrogen and oxygen atoms in total. The van der Waals surface area contributed by atoms with Gasteiger partial charge in [0, 0.05) is 21.6 Å². The van der Waals surface area contributed by atoms with Crippen LogP contribution in [0.15, 0.2) is 24.5 Å². The Morgan fingerprint density at radius 2 is 2.38 bits per heavy atom. The van der Waals surface area contributed by atoms with Gasteiger partial charge in [-0.1, -0.05) is 0 Å².